The SMILES string of the molecule is Cc1oc(Br)cc1CO. The second-order valence-electron chi connectivity index (χ2n) is 1.79. The molecule has 2 nitrogen and oxygen atoms in total. The standard InChI is InChI=1S/C6H7BrO2/c1-4-5(3-8)2-6(7)9-4/h2,8H,3H2,1H3. The Morgan fingerprint density at radius 3 is 2.67 bits per heavy atom. The highest BCUT2D eigenvalue weighted by molar-refractivity contribution is 9.10. The van der Waals surface area contributed by atoms with E-state index < -0.39 is 0 Å². The molecule has 0 fully saturated rings. The molecule has 0 bridgehead atoms. The van der Waals surface area contributed by atoms with Gasteiger partial charge in [0.2, 0.25) is 0 Å². The van der Waals surface area contributed by atoms with Crippen LogP contribution in [-0.2, 0) is 6.61 Å². The van der Waals surface area contributed by atoms with Gasteiger partial charge < -0.3 is 9.52 Å². The van der Waals surface area contributed by atoms with Gasteiger partial charge in [-0.15, -0.1) is 0 Å². The van der Waals surface area contributed by atoms with Gasteiger partial charge in [-0.05, 0) is 28.9 Å². The molecule has 0 aromatic carbocycles. The maximum atomic E-state index is 8.65. The second kappa shape index (κ2) is 2.54. The summed E-state index contributed by atoms with van der Waals surface area (Å²) in [5, 5.41) is 8.65. The molecule has 9 heavy (non-hydrogen) atoms. The van der Waals surface area contributed by atoms with Crippen molar-refractivity contribution in [2.75, 3.05) is 0 Å². The van der Waals surface area contributed by atoms with Crippen LogP contribution in [0.15, 0.2) is 15.2 Å². The van der Waals surface area contributed by atoms with Gasteiger partial charge in [-0.25, -0.2) is 0 Å². The zero-order valence-electron chi connectivity index (χ0n) is 5.02. The fraction of sp³-hybridized carbons (Fsp3) is 0.333. The average molecular weight is 191 g/mol. The van der Waals surface area contributed by atoms with Crippen molar-refractivity contribution in [2.24, 2.45) is 0 Å². The summed E-state index contributed by atoms with van der Waals surface area (Å²) in [6, 6.07) is 1.76. The van der Waals surface area contributed by atoms with Crippen LogP contribution in [0.25, 0.3) is 0 Å². The van der Waals surface area contributed by atoms with E-state index >= 15 is 0 Å². The van der Waals surface area contributed by atoms with Gasteiger partial charge in [0, 0.05) is 5.56 Å². The van der Waals surface area contributed by atoms with Crippen LogP contribution >= 0.6 is 15.9 Å². The molecule has 1 aromatic heterocycles. The Kier molecular flexibility index (Phi) is 1.93. The molecule has 1 heterocycles. The van der Waals surface area contributed by atoms with Crippen molar-refractivity contribution < 1.29 is 9.52 Å². The van der Waals surface area contributed by atoms with Gasteiger partial charge in [0.15, 0.2) is 4.67 Å². The summed E-state index contributed by atoms with van der Waals surface area (Å²) >= 11 is 3.15. The number of hydrogen-bond acceptors (Lipinski definition) is 2. The van der Waals surface area contributed by atoms with Crippen molar-refractivity contribution in [1.29, 1.82) is 0 Å². The quantitative estimate of drug-likeness (QED) is 0.734. The van der Waals surface area contributed by atoms with E-state index in [2.05, 4.69) is 15.9 Å². The maximum absolute atomic E-state index is 8.65. The highest BCUT2D eigenvalue weighted by Gasteiger charge is 2.01. The molecular weight excluding hydrogens is 184 g/mol. The summed E-state index contributed by atoms with van der Waals surface area (Å²) in [6.45, 7) is 1.86. The average Bonchev–Trinajstić information content (AvgIpc) is 2.10. The normalized spacial score (nSPS) is 10.1. The van der Waals surface area contributed by atoms with Crippen molar-refractivity contribution in [3.05, 3.63) is 22.1 Å². The van der Waals surface area contributed by atoms with Crippen LogP contribution in [0.2, 0.25) is 0 Å². The van der Waals surface area contributed by atoms with Crippen LogP contribution in [0.1, 0.15) is 11.3 Å². The summed E-state index contributed by atoms with van der Waals surface area (Å²) in [4.78, 5) is 0. The third kappa shape index (κ3) is 1.34. The molecule has 0 saturated carbocycles. The molecule has 0 spiro atoms. The number of furan rings is 1. The van der Waals surface area contributed by atoms with E-state index in [9.17, 15) is 0 Å². The van der Waals surface area contributed by atoms with E-state index in [0.29, 0.717) is 4.67 Å². The largest absolute Gasteiger partial charge is 0.454 e. The van der Waals surface area contributed by atoms with Crippen LogP contribution in [-0.4, -0.2) is 5.11 Å². The topological polar surface area (TPSA) is 33.4 Å². The van der Waals surface area contributed by atoms with Crippen LogP contribution in [0.3, 0.4) is 0 Å². The number of hydrogen-bond donors (Lipinski definition) is 1. The first-order valence-corrected chi connectivity index (χ1v) is 3.39. The number of aliphatic hydroxyl groups is 1. The molecule has 0 atom stereocenters. The molecular formula is C6H7BrO2. The smallest absolute Gasteiger partial charge is 0.169 e. The van der Waals surface area contributed by atoms with Crippen molar-refractivity contribution >= 4 is 15.9 Å². The molecule has 50 valence electrons. The molecule has 0 aliphatic carbocycles. The van der Waals surface area contributed by atoms with E-state index in [1.54, 1.807) is 6.07 Å². The Balaban J connectivity index is 3.01. The van der Waals surface area contributed by atoms with Gasteiger partial charge in [-0.1, -0.05) is 0 Å². The van der Waals surface area contributed by atoms with Gasteiger partial charge in [-0.2, -0.15) is 0 Å². The molecule has 0 radical (unpaired) electrons. The van der Waals surface area contributed by atoms with Crippen molar-refractivity contribution in [1.82, 2.24) is 0 Å². The molecule has 0 aliphatic rings. The molecule has 0 unspecified atom stereocenters. The predicted octanol–water partition coefficient (Wildman–Crippen LogP) is 1.84. The summed E-state index contributed by atoms with van der Waals surface area (Å²) in [5.41, 5.74) is 0.835. The maximum Gasteiger partial charge on any atom is 0.169 e. The minimum atomic E-state index is 0.0426. The van der Waals surface area contributed by atoms with Crippen molar-refractivity contribution in [3.63, 3.8) is 0 Å². The highest BCUT2D eigenvalue weighted by Crippen LogP contribution is 2.18. The first kappa shape index (κ1) is 6.83. The Morgan fingerprint density at radius 2 is 2.44 bits per heavy atom. The van der Waals surface area contributed by atoms with Crippen molar-refractivity contribution in [2.45, 2.75) is 13.5 Å². The van der Waals surface area contributed by atoms with Crippen LogP contribution in [0, 0.1) is 6.92 Å². The third-order valence-corrected chi connectivity index (χ3v) is 1.55. The zero-order valence-corrected chi connectivity index (χ0v) is 6.60. The minimum absolute atomic E-state index is 0.0426. The lowest BCUT2D eigenvalue weighted by Crippen LogP contribution is -1.79. The van der Waals surface area contributed by atoms with Gasteiger partial charge in [-0.3, -0.25) is 0 Å². The lowest BCUT2D eigenvalue weighted by molar-refractivity contribution is 0.279. The Bertz CT molecular complexity index is 205. The lowest BCUT2D eigenvalue weighted by Gasteiger charge is -1.85. The monoisotopic (exact) mass is 190 g/mol. The summed E-state index contributed by atoms with van der Waals surface area (Å²) in [7, 11) is 0. The van der Waals surface area contributed by atoms with E-state index in [-0.39, 0.29) is 6.61 Å². The van der Waals surface area contributed by atoms with Gasteiger partial charge in [0.05, 0.1) is 6.61 Å². The molecule has 1 aromatic rings. The zero-order chi connectivity index (χ0) is 6.85. The van der Waals surface area contributed by atoms with E-state index in [1.807, 2.05) is 6.92 Å². The van der Waals surface area contributed by atoms with Crippen LogP contribution < -0.4 is 0 Å². The Labute approximate surface area is 61.6 Å². The Morgan fingerprint density at radius 1 is 1.78 bits per heavy atom. The number of aryl methyl sites for hydroxylation is 1. The fourth-order valence-corrected chi connectivity index (χ4v) is 1.16. The second-order valence-corrected chi connectivity index (χ2v) is 2.57. The number of halogens is 1. The third-order valence-electron chi connectivity index (χ3n) is 1.16. The van der Waals surface area contributed by atoms with Crippen LogP contribution in [0.5, 0.6) is 0 Å². The molecule has 0 saturated heterocycles. The summed E-state index contributed by atoms with van der Waals surface area (Å²) in [6.07, 6.45) is 0. The number of rotatable bonds is 1. The van der Waals surface area contributed by atoms with Crippen LogP contribution in [0.4, 0.5) is 0 Å². The van der Waals surface area contributed by atoms with Crippen molar-refractivity contribution in [3.8, 4) is 0 Å². The molecule has 1 N–H and O–H groups in total. The van der Waals surface area contributed by atoms with Gasteiger partial charge in [0.25, 0.3) is 0 Å². The lowest BCUT2D eigenvalue weighted by atomic mass is 10.3. The van der Waals surface area contributed by atoms with E-state index in [1.165, 1.54) is 0 Å². The van der Waals surface area contributed by atoms with Gasteiger partial charge in [0.1, 0.15) is 5.76 Å². The fourth-order valence-electron chi connectivity index (χ4n) is 0.637. The summed E-state index contributed by atoms with van der Waals surface area (Å²) in [5.74, 6) is 0.768. The molecule has 0 aliphatic heterocycles. The Hall–Kier alpha value is -0.280. The molecule has 0 amide bonds. The highest BCUT2D eigenvalue weighted by atomic mass is 79.9. The predicted molar refractivity (Wildman–Crippen MR) is 37.1 cm³/mol. The molecule has 3 heteroatoms. The van der Waals surface area contributed by atoms with E-state index in [4.69, 9.17) is 9.52 Å². The molecule has 1 rings (SSSR count). The number of aliphatic hydroxyl groups excluding tert-OH is 1. The first-order chi connectivity index (χ1) is 4.24. The summed E-state index contributed by atoms with van der Waals surface area (Å²) < 4.78 is 5.73. The first-order valence-electron chi connectivity index (χ1n) is 2.59. The van der Waals surface area contributed by atoms with Gasteiger partial charge >= 0.3 is 0 Å². The minimum Gasteiger partial charge on any atom is -0.454 e. The van der Waals surface area contributed by atoms with E-state index in [0.717, 1.165) is 11.3 Å².